The van der Waals surface area contributed by atoms with E-state index in [1.807, 2.05) is 6.07 Å². The number of amides is 1. The van der Waals surface area contributed by atoms with Crippen LogP contribution in [0.2, 0.25) is 0 Å². The van der Waals surface area contributed by atoms with Crippen molar-refractivity contribution < 1.29 is 29.3 Å². The number of piperidine rings is 2. The summed E-state index contributed by atoms with van der Waals surface area (Å²) in [7, 11) is 0. The van der Waals surface area contributed by atoms with Crippen LogP contribution in [0.4, 0.5) is 4.79 Å². The number of pyridine rings is 2. The van der Waals surface area contributed by atoms with Gasteiger partial charge in [0.25, 0.3) is 5.56 Å². The Morgan fingerprint density at radius 3 is 2.60 bits per heavy atom. The molecular weight excluding hydrogens is 552 g/mol. The molecule has 1 amide bonds. The molecule has 6 heterocycles. The second-order valence-electron chi connectivity index (χ2n) is 12.0. The van der Waals surface area contributed by atoms with Crippen LogP contribution in [0.3, 0.4) is 0 Å². The Balaban J connectivity index is 1.16. The number of rotatable bonds is 4. The van der Waals surface area contributed by atoms with Crippen LogP contribution in [-0.4, -0.2) is 73.8 Å². The molecule has 0 spiro atoms. The lowest BCUT2D eigenvalue weighted by Gasteiger charge is -2.39. The number of aliphatic hydroxyl groups is 2. The number of fused-ring (bicyclic) bond motifs is 5. The van der Waals surface area contributed by atoms with Crippen LogP contribution >= 0.6 is 0 Å². The number of likely N-dealkylation sites (tertiary alicyclic amines) is 2. The molecule has 1 atom stereocenters. The Hall–Kier alpha value is -3.80. The first-order valence-electron chi connectivity index (χ1n) is 15.3. The van der Waals surface area contributed by atoms with Crippen LogP contribution in [0.5, 0.6) is 5.75 Å². The summed E-state index contributed by atoms with van der Waals surface area (Å²) in [4.78, 5) is 48.2. The molecule has 0 unspecified atom stereocenters. The standard InChI is InChI=1S/C32H36N4O7/c1-2-32(41)24-15-26-28-19(16-36(26)29(38)23(24)18-42-30(32)39)14-21-22(17-37)27(7-6-25(21)33-28)43-31(40)35-12-8-20(9-13-35)34-10-4-3-5-11-34/h6-7,14-15,20,37,41H,2-5,8-13,16-18H2,1H3/t32-/m0/s1. The normalized spacial score (nSPS) is 22.2. The van der Waals surface area contributed by atoms with E-state index in [1.54, 1.807) is 34.6 Å². The number of carbonyl (C=O) groups is 2. The predicted molar refractivity (Wildman–Crippen MR) is 156 cm³/mol. The first-order chi connectivity index (χ1) is 20.8. The van der Waals surface area contributed by atoms with Crippen molar-refractivity contribution in [3.8, 4) is 17.1 Å². The highest BCUT2D eigenvalue weighted by molar-refractivity contribution is 5.90. The Morgan fingerprint density at radius 2 is 1.88 bits per heavy atom. The van der Waals surface area contributed by atoms with E-state index in [1.165, 1.54) is 19.3 Å². The smallest absolute Gasteiger partial charge is 0.415 e. The minimum absolute atomic E-state index is 0.0670. The van der Waals surface area contributed by atoms with E-state index >= 15 is 0 Å². The van der Waals surface area contributed by atoms with Gasteiger partial charge < -0.3 is 34.1 Å². The highest BCUT2D eigenvalue weighted by atomic mass is 16.6. The van der Waals surface area contributed by atoms with E-state index in [4.69, 9.17) is 14.5 Å². The first-order valence-corrected chi connectivity index (χ1v) is 15.3. The molecular formula is C32H36N4O7. The van der Waals surface area contributed by atoms with E-state index in [0.29, 0.717) is 47.0 Å². The molecule has 11 heteroatoms. The van der Waals surface area contributed by atoms with Crippen molar-refractivity contribution in [2.75, 3.05) is 26.2 Å². The van der Waals surface area contributed by atoms with Gasteiger partial charge >= 0.3 is 12.1 Å². The molecule has 4 aliphatic rings. The van der Waals surface area contributed by atoms with Gasteiger partial charge in [0, 0.05) is 41.2 Å². The van der Waals surface area contributed by atoms with Crippen LogP contribution in [0.15, 0.2) is 29.1 Å². The second kappa shape index (κ2) is 10.7. The summed E-state index contributed by atoms with van der Waals surface area (Å²) < 4.78 is 12.6. The van der Waals surface area contributed by atoms with Crippen LogP contribution < -0.4 is 10.3 Å². The summed E-state index contributed by atoms with van der Waals surface area (Å²) in [5.41, 5.74) is 1.12. The third-order valence-corrected chi connectivity index (χ3v) is 9.75. The fourth-order valence-electron chi connectivity index (χ4n) is 7.21. The van der Waals surface area contributed by atoms with E-state index < -0.39 is 17.7 Å². The number of hydrogen-bond donors (Lipinski definition) is 2. The lowest BCUT2D eigenvalue weighted by Crippen LogP contribution is -2.48. The predicted octanol–water partition coefficient (Wildman–Crippen LogP) is 3.02. The summed E-state index contributed by atoms with van der Waals surface area (Å²) in [5, 5.41) is 22.1. The van der Waals surface area contributed by atoms with Gasteiger partial charge in [-0.25, -0.2) is 14.6 Å². The Bertz CT molecular complexity index is 1690. The van der Waals surface area contributed by atoms with Gasteiger partial charge in [-0.2, -0.15) is 0 Å². The molecule has 0 aliphatic carbocycles. The van der Waals surface area contributed by atoms with Crippen molar-refractivity contribution in [1.82, 2.24) is 19.4 Å². The molecule has 0 radical (unpaired) electrons. The summed E-state index contributed by atoms with van der Waals surface area (Å²) in [6, 6.07) is 7.43. The van der Waals surface area contributed by atoms with E-state index in [0.717, 1.165) is 31.5 Å². The van der Waals surface area contributed by atoms with Gasteiger partial charge in [-0.05, 0) is 69.5 Å². The minimum atomic E-state index is -1.90. The third kappa shape index (κ3) is 4.52. The Morgan fingerprint density at radius 1 is 1.12 bits per heavy atom. The lowest BCUT2D eigenvalue weighted by molar-refractivity contribution is -0.172. The van der Waals surface area contributed by atoms with Gasteiger partial charge in [0.15, 0.2) is 5.60 Å². The number of benzene rings is 1. The van der Waals surface area contributed by atoms with Gasteiger partial charge in [-0.1, -0.05) is 13.3 Å². The van der Waals surface area contributed by atoms with E-state index in [-0.39, 0.29) is 48.6 Å². The number of hydrogen-bond acceptors (Lipinski definition) is 9. The minimum Gasteiger partial charge on any atom is -0.458 e. The van der Waals surface area contributed by atoms with Crippen molar-refractivity contribution in [2.45, 2.75) is 76.9 Å². The maximum atomic E-state index is 13.5. The summed E-state index contributed by atoms with van der Waals surface area (Å²) in [6.45, 7) is 4.90. The van der Waals surface area contributed by atoms with Crippen molar-refractivity contribution in [1.29, 1.82) is 0 Å². The van der Waals surface area contributed by atoms with Gasteiger partial charge in [-0.3, -0.25) is 4.79 Å². The molecule has 0 bridgehead atoms. The van der Waals surface area contributed by atoms with Crippen molar-refractivity contribution in [2.24, 2.45) is 0 Å². The highest BCUT2D eigenvalue weighted by Gasteiger charge is 2.45. The summed E-state index contributed by atoms with van der Waals surface area (Å²) >= 11 is 0. The van der Waals surface area contributed by atoms with E-state index in [2.05, 4.69) is 4.90 Å². The number of ether oxygens (including phenoxy) is 2. The number of aliphatic hydroxyl groups excluding tert-OH is 1. The molecule has 11 nitrogen and oxygen atoms in total. The molecule has 43 heavy (non-hydrogen) atoms. The zero-order valence-corrected chi connectivity index (χ0v) is 24.3. The molecule has 2 aromatic heterocycles. The molecule has 4 aliphatic heterocycles. The molecule has 0 saturated carbocycles. The average molecular weight is 589 g/mol. The maximum absolute atomic E-state index is 13.5. The van der Waals surface area contributed by atoms with Crippen LogP contribution in [0.25, 0.3) is 22.3 Å². The first kappa shape index (κ1) is 28.0. The molecule has 2 fully saturated rings. The molecule has 7 rings (SSSR count). The molecule has 226 valence electrons. The fraction of sp³-hybridized carbons (Fsp3) is 0.500. The zero-order chi connectivity index (χ0) is 29.9. The number of esters is 1. The van der Waals surface area contributed by atoms with Crippen LogP contribution in [-0.2, 0) is 34.9 Å². The monoisotopic (exact) mass is 588 g/mol. The molecule has 2 saturated heterocycles. The molecule has 2 N–H and O–H groups in total. The number of carbonyl (C=O) groups excluding carboxylic acids is 2. The quantitative estimate of drug-likeness (QED) is 0.345. The number of nitrogens with zero attached hydrogens (tertiary/aromatic N) is 4. The lowest BCUT2D eigenvalue weighted by atomic mass is 9.86. The van der Waals surface area contributed by atoms with Gasteiger partial charge in [-0.15, -0.1) is 0 Å². The Kier molecular flexibility index (Phi) is 6.98. The van der Waals surface area contributed by atoms with E-state index in [9.17, 15) is 24.6 Å². The maximum Gasteiger partial charge on any atom is 0.415 e. The average Bonchev–Trinajstić information content (AvgIpc) is 3.40. The summed E-state index contributed by atoms with van der Waals surface area (Å²) in [6.07, 6.45) is 5.28. The van der Waals surface area contributed by atoms with Crippen LogP contribution in [0, 0.1) is 0 Å². The van der Waals surface area contributed by atoms with Gasteiger partial charge in [0.2, 0.25) is 0 Å². The summed E-state index contributed by atoms with van der Waals surface area (Å²) in [5.74, 6) is -0.482. The fourth-order valence-corrected chi connectivity index (χ4v) is 7.21. The topological polar surface area (TPSA) is 134 Å². The largest absolute Gasteiger partial charge is 0.458 e. The number of aromatic nitrogens is 2. The SMILES string of the molecule is CC[C@@]1(O)C(=O)OCc2c1cc1n(c2=O)Cc2cc3c(CO)c(OC(=O)N4CCC(N5CCCCC5)CC4)ccc3nc2-1. The zero-order valence-electron chi connectivity index (χ0n) is 24.3. The van der Waals surface area contributed by atoms with Crippen molar-refractivity contribution in [3.05, 3.63) is 56.9 Å². The van der Waals surface area contributed by atoms with Crippen molar-refractivity contribution >= 4 is 23.0 Å². The number of cyclic esters (lactones) is 1. The second-order valence-corrected chi connectivity index (χ2v) is 12.0. The highest BCUT2D eigenvalue weighted by Crippen LogP contribution is 2.40. The van der Waals surface area contributed by atoms with Crippen molar-refractivity contribution in [3.63, 3.8) is 0 Å². The van der Waals surface area contributed by atoms with Gasteiger partial charge in [0.05, 0.1) is 35.6 Å². The molecule has 1 aromatic carbocycles. The van der Waals surface area contributed by atoms with Gasteiger partial charge in [0.1, 0.15) is 12.4 Å². The third-order valence-electron chi connectivity index (χ3n) is 9.75. The molecule has 3 aromatic rings. The Labute approximate surface area is 248 Å². The van der Waals surface area contributed by atoms with Crippen LogP contribution in [0.1, 0.15) is 67.7 Å².